The van der Waals surface area contributed by atoms with Crippen molar-refractivity contribution in [1.29, 1.82) is 0 Å². The van der Waals surface area contributed by atoms with Gasteiger partial charge in [0, 0.05) is 43.4 Å². The van der Waals surface area contributed by atoms with Gasteiger partial charge in [0.25, 0.3) is 0 Å². The quantitative estimate of drug-likeness (QED) is 0.406. The van der Waals surface area contributed by atoms with E-state index in [9.17, 15) is 0 Å². The third-order valence-corrected chi connectivity index (χ3v) is 3.03. The minimum Gasteiger partial charge on any atom is -0.395 e. The van der Waals surface area contributed by atoms with Crippen molar-refractivity contribution >= 4 is 11.8 Å². The van der Waals surface area contributed by atoms with E-state index in [2.05, 4.69) is 15.3 Å². The highest BCUT2D eigenvalue weighted by molar-refractivity contribution is 7.99. The fourth-order valence-corrected chi connectivity index (χ4v) is 1.78. The maximum absolute atomic E-state index is 8.92. The van der Waals surface area contributed by atoms with Crippen molar-refractivity contribution in [2.75, 3.05) is 26.9 Å². The molecular weight excluding hydrogens is 238 g/mol. The van der Waals surface area contributed by atoms with Crippen LogP contribution in [0.4, 0.5) is 0 Å². The molecule has 1 heterocycles. The lowest BCUT2D eigenvalue weighted by Gasteiger charge is -2.07. The first-order chi connectivity index (χ1) is 8.26. The number of ether oxygens (including phenoxy) is 1. The summed E-state index contributed by atoms with van der Waals surface area (Å²) < 4.78 is 4.93. The molecule has 5 nitrogen and oxygen atoms in total. The predicted molar refractivity (Wildman–Crippen MR) is 68.0 cm³/mol. The highest BCUT2D eigenvalue weighted by Gasteiger charge is 2.05. The summed E-state index contributed by atoms with van der Waals surface area (Å²) in [6, 6.07) is 0. The van der Waals surface area contributed by atoms with E-state index >= 15 is 0 Å². The van der Waals surface area contributed by atoms with Crippen LogP contribution in [-0.2, 0) is 11.3 Å². The molecule has 2 N–H and O–H groups in total. The first-order valence-corrected chi connectivity index (χ1v) is 6.42. The van der Waals surface area contributed by atoms with E-state index in [0.29, 0.717) is 11.8 Å². The topological polar surface area (TPSA) is 67.3 Å². The Balaban J connectivity index is 2.34. The number of nitrogens with zero attached hydrogens (tertiary/aromatic N) is 2. The second-order valence-electron chi connectivity index (χ2n) is 3.65. The summed E-state index contributed by atoms with van der Waals surface area (Å²) in [6.45, 7) is 4.32. The van der Waals surface area contributed by atoms with Crippen molar-refractivity contribution in [2.45, 2.75) is 23.9 Å². The fourth-order valence-electron chi connectivity index (χ4n) is 1.12. The molecule has 1 atom stereocenters. The van der Waals surface area contributed by atoms with Crippen LogP contribution in [0.15, 0.2) is 17.6 Å². The van der Waals surface area contributed by atoms with Gasteiger partial charge in [0.1, 0.15) is 0 Å². The normalized spacial score (nSPS) is 12.6. The molecule has 0 aliphatic carbocycles. The Morgan fingerprint density at radius 1 is 1.47 bits per heavy atom. The third-order valence-electron chi connectivity index (χ3n) is 2.06. The highest BCUT2D eigenvalue weighted by atomic mass is 32.2. The van der Waals surface area contributed by atoms with Crippen molar-refractivity contribution in [3.05, 3.63) is 18.0 Å². The van der Waals surface area contributed by atoms with Gasteiger partial charge in [-0.1, -0.05) is 18.7 Å². The highest BCUT2D eigenvalue weighted by Crippen LogP contribution is 2.17. The molecule has 1 unspecified atom stereocenters. The summed E-state index contributed by atoms with van der Waals surface area (Å²) in [6.07, 6.45) is 3.61. The molecule has 0 saturated heterocycles. The van der Waals surface area contributed by atoms with E-state index < -0.39 is 0 Å². The van der Waals surface area contributed by atoms with Gasteiger partial charge < -0.3 is 15.2 Å². The number of methoxy groups -OCH3 is 1. The molecule has 0 aromatic carbocycles. The molecule has 1 aromatic rings. The molecule has 0 radical (unpaired) electrons. The first kappa shape index (κ1) is 14.4. The van der Waals surface area contributed by atoms with Crippen LogP contribution in [0.5, 0.6) is 0 Å². The number of hydrogen-bond acceptors (Lipinski definition) is 6. The monoisotopic (exact) mass is 257 g/mol. The van der Waals surface area contributed by atoms with E-state index in [1.54, 1.807) is 19.5 Å². The van der Waals surface area contributed by atoms with Crippen LogP contribution in [-0.4, -0.2) is 47.2 Å². The number of nitrogens with one attached hydrogen (secondary N) is 1. The minimum atomic E-state index is 0.126. The molecule has 17 heavy (non-hydrogen) atoms. The van der Waals surface area contributed by atoms with Gasteiger partial charge in [-0.25, -0.2) is 9.97 Å². The van der Waals surface area contributed by atoms with Crippen LogP contribution in [0.1, 0.15) is 12.5 Å². The van der Waals surface area contributed by atoms with E-state index in [0.717, 1.165) is 18.7 Å². The third kappa shape index (κ3) is 5.97. The second kappa shape index (κ2) is 8.41. The summed E-state index contributed by atoms with van der Waals surface area (Å²) >= 11 is 1.47. The molecule has 6 heteroatoms. The smallest absolute Gasteiger partial charge is 0.187 e. The van der Waals surface area contributed by atoms with E-state index in [-0.39, 0.29) is 11.9 Å². The van der Waals surface area contributed by atoms with E-state index in [4.69, 9.17) is 9.84 Å². The number of aliphatic hydroxyl groups is 1. The lowest BCUT2D eigenvalue weighted by atomic mass is 10.3. The molecule has 0 aliphatic heterocycles. The molecule has 0 aliphatic rings. The van der Waals surface area contributed by atoms with Crippen LogP contribution in [0.25, 0.3) is 0 Å². The SMILES string of the molecule is COCCNCc1cnc(SC(C)CO)nc1. The van der Waals surface area contributed by atoms with Gasteiger partial charge in [-0.05, 0) is 0 Å². The lowest BCUT2D eigenvalue weighted by Crippen LogP contribution is -2.18. The maximum Gasteiger partial charge on any atom is 0.187 e. The Bertz CT molecular complexity index is 308. The van der Waals surface area contributed by atoms with Gasteiger partial charge in [0.15, 0.2) is 5.16 Å². The molecule has 0 spiro atoms. The van der Waals surface area contributed by atoms with Crippen molar-refractivity contribution < 1.29 is 9.84 Å². The van der Waals surface area contributed by atoms with Gasteiger partial charge in [-0.15, -0.1) is 0 Å². The zero-order chi connectivity index (χ0) is 12.5. The average molecular weight is 257 g/mol. The van der Waals surface area contributed by atoms with Gasteiger partial charge in [0.2, 0.25) is 0 Å². The molecular formula is C11H19N3O2S. The summed E-state index contributed by atoms with van der Waals surface area (Å²) in [5.74, 6) is 0. The van der Waals surface area contributed by atoms with Crippen molar-refractivity contribution in [3.63, 3.8) is 0 Å². The number of aliphatic hydroxyl groups excluding tert-OH is 1. The molecule has 0 bridgehead atoms. The van der Waals surface area contributed by atoms with Crippen LogP contribution in [0, 0.1) is 0 Å². The summed E-state index contributed by atoms with van der Waals surface area (Å²) in [5, 5.41) is 13.0. The Kier molecular flexibility index (Phi) is 7.11. The lowest BCUT2D eigenvalue weighted by molar-refractivity contribution is 0.199. The first-order valence-electron chi connectivity index (χ1n) is 5.54. The maximum atomic E-state index is 8.92. The van der Waals surface area contributed by atoms with Crippen LogP contribution < -0.4 is 5.32 Å². The molecule has 0 amide bonds. The number of thioether (sulfide) groups is 1. The zero-order valence-electron chi connectivity index (χ0n) is 10.2. The number of rotatable bonds is 8. The summed E-state index contributed by atoms with van der Waals surface area (Å²) in [5.41, 5.74) is 1.04. The van der Waals surface area contributed by atoms with Crippen molar-refractivity contribution in [1.82, 2.24) is 15.3 Å². The van der Waals surface area contributed by atoms with E-state index in [1.165, 1.54) is 11.8 Å². The van der Waals surface area contributed by atoms with E-state index in [1.807, 2.05) is 6.92 Å². The van der Waals surface area contributed by atoms with Gasteiger partial charge in [0.05, 0.1) is 13.2 Å². The predicted octanol–water partition coefficient (Wildman–Crippen LogP) is 0.685. The largest absolute Gasteiger partial charge is 0.395 e. The Morgan fingerprint density at radius 2 is 2.18 bits per heavy atom. The Labute approximate surface area is 106 Å². The number of hydrogen-bond donors (Lipinski definition) is 2. The molecule has 1 aromatic heterocycles. The fraction of sp³-hybridized carbons (Fsp3) is 0.636. The molecule has 1 rings (SSSR count). The summed E-state index contributed by atoms with van der Waals surface area (Å²) in [4.78, 5) is 8.47. The average Bonchev–Trinajstić information content (AvgIpc) is 2.36. The molecule has 0 fully saturated rings. The number of aromatic nitrogens is 2. The standard InChI is InChI=1S/C11H19N3O2S/c1-9(8-15)17-11-13-6-10(7-14-11)5-12-3-4-16-2/h6-7,9,12,15H,3-5,8H2,1-2H3. The zero-order valence-corrected chi connectivity index (χ0v) is 11.0. The van der Waals surface area contributed by atoms with Crippen LogP contribution >= 0.6 is 11.8 Å². The van der Waals surface area contributed by atoms with Crippen LogP contribution in [0.2, 0.25) is 0 Å². The molecule has 96 valence electrons. The van der Waals surface area contributed by atoms with Gasteiger partial charge in [-0.3, -0.25) is 0 Å². The summed E-state index contributed by atoms with van der Waals surface area (Å²) in [7, 11) is 1.68. The van der Waals surface area contributed by atoms with Gasteiger partial charge in [-0.2, -0.15) is 0 Å². The van der Waals surface area contributed by atoms with Gasteiger partial charge >= 0.3 is 0 Å². The van der Waals surface area contributed by atoms with Crippen LogP contribution in [0.3, 0.4) is 0 Å². The Morgan fingerprint density at radius 3 is 2.76 bits per heavy atom. The Hall–Kier alpha value is -0.690. The molecule has 0 saturated carbocycles. The second-order valence-corrected chi connectivity index (χ2v) is 5.06. The minimum absolute atomic E-state index is 0.126. The van der Waals surface area contributed by atoms with Crippen molar-refractivity contribution in [3.8, 4) is 0 Å². The van der Waals surface area contributed by atoms with Crippen molar-refractivity contribution in [2.24, 2.45) is 0 Å².